The minimum Gasteiger partial charge on any atom is -0.396 e. The Morgan fingerprint density at radius 1 is 1.60 bits per heavy atom. The van der Waals surface area contributed by atoms with Gasteiger partial charge >= 0.3 is 0 Å². The third-order valence-corrected chi connectivity index (χ3v) is 1.85. The van der Waals surface area contributed by atoms with Crippen LogP contribution in [0.4, 0.5) is 0 Å². The maximum absolute atomic E-state index is 8.73. The smallest absolute Gasteiger partial charge is 0.157 e. The van der Waals surface area contributed by atoms with Gasteiger partial charge in [-0.3, -0.25) is 0 Å². The van der Waals surface area contributed by atoms with Crippen molar-refractivity contribution in [3.05, 3.63) is 0 Å². The lowest BCUT2D eigenvalue weighted by atomic mass is 10.0. The summed E-state index contributed by atoms with van der Waals surface area (Å²) < 4.78 is 10.2. The monoisotopic (exact) mass is 146 g/mol. The van der Waals surface area contributed by atoms with E-state index in [2.05, 4.69) is 0 Å². The van der Waals surface area contributed by atoms with Crippen molar-refractivity contribution in [1.29, 1.82) is 0 Å². The van der Waals surface area contributed by atoms with Crippen LogP contribution >= 0.6 is 0 Å². The van der Waals surface area contributed by atoms with Crippen molar-refractivity contribution in [2.45, 2.75) is 19.1 Å². The zero-order valence-electron chi connectivity index (χ0n) is 6.25. The van der Waals surface area contributed by atoms with Crippen LogP contribution in [0.15, 0.2) is 0 Å². The molecule has 1 aliphatic heterocycles. The first-order valence-electron chi connectivity index (χ1n) is 3.62. The predicted molar refractivity (Wildman–Crippen MR) is 36.6 cm³/mol. The summed E-state index contributed by atoms with van der Waals surface area (Å²) in [6, 6.07) is 0. The Bertz CT molecular complexity index is 74.9. The molecule has 1 saturated heterocycles. The number of hydrogen-bond acceptors (Lipinski definition) is 3. The van der Waals surface area contributed by atoms with E-state index in [0.717, 1.165) is 12.8 Å². The van der Waals surface area contributed by atoms with Crippen LogP contribution in [0.3, 0.4) is 0 Å². The third kappa shape index (κ3) is 1.94. The van der Waals surface area contributed by atoms with E-state index in [-0.39, 0.29) is 12.9 Å². The van der Waals surface area contributed by atoms with Gasteiger partial charge in [0, 0.05) is 19.6 Å². The highest BCUT2D eigenvalue weighted by molar-refractivity contribution is 4.63. The second kappa shape index (κ2) is 3.91. The first-order valence-corrected chi connectivity index (χ1v) is 3.62. The molecule has 1 N–H and O–H groups in total. The minimum absolute atomic E-state index is 0.0391. The van der Waals surface area contributed by atoms with Crippen LogP contribution in [0.25, 0.3) is 0 Å². The van der Waals surface area contributed by atoms with Gasteiger partial charge in [-0.2, -0.15) is 0 Å². The van der Waals surface area contributed by atoms with Crippen LogP contribution < -0.4 is 0 Å². The Balaban J connectivity index is 2.17. The van der Waals surface area contributed by atoms with Crippen LogP contribution in [0.5, 0.6) is 0 Å². The lowest BCUT2D eigenvalue weighted by Gasteiger charge is -2.26. The molecule has 0 saturated carbocycles. The van der Waals surface area contributed by atoms with E-state index in [0.29, 0.717) is 12.5 Å². The van der Waals surface area contributed by atoms with Gasteiger partial charge in [0.05, 0.1) is 6.61 Å². The van der Waals surface area contributed by atoms with Gasteiger partial charge in [-0.15, -0.1) is 0 Å². The number of hydrogen-bond donors (Lipinski definition) is 1. The number of rotatable bonds is 2. The highest BCUT2D eigenvalue weighted by Gasteiger charge is 2.19. The van der Waals surface area contributed by atoms with E-state index < -0.39 is 0 Å². The number of aliphatic hydroxyl groups is 1. The summed E-state index contributed by atoms with van der Waals surface area (Å²) >= 11 is 0. The molecule has 60 valence electrons. The molecule has 1 fully saturated rings. The van der Waals surface area contributed by atoms with Crippen LogP contribution in [0.2, 0.25) is 0 Å². The molecule has 10 heavy (non-hydrogen) atoms. The molecular formula is C7H14O3. The van der Waals surface area contributed by atoms with Gasteiger partial charge in [0.15, 0.2) is 6.29 Å². The van der Waals surface area contributed by atoms with Gasteiger partial charge in [0.1, 0.15) is 0 Å². The first kappa shape index (κ1) is 7.98. The summed E-state index contributed by atoms with van der Waals surface area (Å²) in [5.74, 6) is 0.325. The summed E-state index contributed by atoms with van der Waals surface area (Å²) in [5.41, 5.74) is 0. The fourth-order valence-electron chi connectivity index (χ4n) is 1.11. The average molecular weight is 146 g/mol. The molecule has 0 radical (unpaired) electrons. The molecule has 3 heteroatoms. The summed E-state index contributed by atoms with van der Waals surface area (Å²) in [6.45, 7) is 0.867. The molecule has 1 aliphatic rings. The summed E-state index contributed by atoms with van der Waals surface area (Å²) in [4.78, 5) is 0. The van der Waals surface area contributed by atoms with Gasteiger partial charge in [-0.1, -0.05) is 0 Å². The molecule has 0 spiro atoms. The van der Waals surface area contributed by atoms with Crippen molar-refractivity contribution < 1.29 is 14.6 Å². The average Bonchev–Trinajstić information content (AvgIpc) is 2.05. The Morgan fingerprint density at radius 3 is 2.80 bits per heavy atom. The van der Waals surface area contributed by atoms with Crippen molar-refractivity contribution in [3.8, 4) is 0 Å². The molecule has 3 nitrogen and oxygen atoms in total. The zero-order chi connectivity index (χ0) is 7.40. The quantitative estimate of drug-likeness (QED) is 0.612. The van der Waals surface area contributed by atoms with Gasteiger partial charge < -0.3 is 14.6 Å². The van der Waals surface area contributed by atoms with Crippen molar-refractivity contribution in [3.63, 3.8) is 0 Å². The van der Waals surface area contributed by atoms with Gasteiger partial charge in [-0.05, 0) is 12.8 Å². The van der Waals surface area contributed by atoms with Gasteiger partial charge in [-0.25, -0.2) is 0 Å². The summed E-state index contributed by atoms with van der Waals surface area (Å²) in [6.07, 6.45) is 1.87. The van der Waals surface area contributed by atoms with Crippen molar-refractivity contribution in [1.82, 2.24) is 0 Å². The van der Waals surface area contributed by atoms with E-state index in [1.54, 1.807) is 7.11 Å². The highest BCUT2D eigenvalue weighted by Crippen LogP contribution is 2.18. The van der Waals surface area contributed by atoms with E-state index >= 15 is 0 Å². The standard InChI is InChI=1S/C7H14O3/c1-9-7-3-2-6(4-8)5-10-7/h6-8H,2-5H2,1H3. The van der Waals surface area contributed by atoms with Crippen molar-refractivity contribution in [2.75, 3.05) is 20.3 Å². The Morgan fingerprint density at radius 2 is 2.40 bits per heavy atom. The van der Waals surface area contributed by atoms with Crippen LogP contribution in [-0.2, 0) is 9.47 Å². The van der Waals surface area contributed by atoms with E-state index in [4.69, 9.17) is 14.6 Å². The highest BCUT2D eigenvalue weighted by atomic mass is 16.7. The van der Waals surface area contributed by atoms with E-state index in [9.17, 15) is 0 Å². The van der Waals surface area contributed by atoms with Crippen LogP contribution in [0, 0.1) is 5.92 Å². The maximum atomic E-state index is 8.73. The van der Waals surface area contributed by atoms with E-state index in [1.807, 2.05) is 0 Å². The van der Waals surface area contributed by atoms with Crippen LogP contribution in [0.1, 0.15) is 12.8 Å². The Hall–Kier alpha value is -0.120. The summed E-state index contributed by atoms with van der Waals surface area (Å²) in [5, 5.41) is 8.73. The third-order valence-electron chi connectivity index (χ3n) is 1.85. The zero-order valence-corrected chi connectivity index (χ0v) is 6.25. The fraction of sp³-hybridized carbons (Fsp3) is 1.00. The van der Waals surface area contributed by atoms with Crippen LogP contribution in [-0.4, -0.2) is 31.7 Å². The SMILES string of the molecule is COC1CCC(CO)CO1. The lowest BCUT2D eigenvalue weighted by molar-refractivity contribution is -0.163. The topological polar surface area (TPSA) is 38.7 Å². The molecule has 2 atom stereocenters. The lowest BCUT2D eigenvalue weighted by Crippen LogP contribution is -2.28. The molecular weight excluding hydrogens is 132 g/mol. The molecule has 1 heterocycles. The number of aliphatic hydroxyl groups excluding tert-OH is 1. The molecule has 0 bridgehead atoms. The molecule has 0 aromatic carbocycles. The van der Waals surface area contributed by atoms with Crippen molar-refractivity contribution in [2.24, 2.45) is 5.92 Å². The number of methoxy groups -OCH3 is 1. The number of ether oxygens (including phenoxy) is 2. The second-order valence-electron chi connectivity index (χ2n) is 2.62. The normalized spacial score (nSPS) is 34.2. The maximum Gasteiger partial charge on any atom is 0.157 e. The molecule has 0 aliphatic carbocycles. The first-order chi connectivity index (χ1) is 4.86. The molecule has 2 unspecified atom stereocenters. The minimum atomic E-state index is -0.0391. The second-order valence-corrected chi connectivity index (χ2v) is 2.62. The Kier molecular flexibility index (Phi) is 3.12. The molecule has 0 aromatic heterocycles. The summed E-state index contributed by atoms with van der Waals surface area (Å²) in [7, 11) is 1.64. The van der Waals surface area contributed by atoms with Gasteiger partial charge in [0.25, 0.3) is 0 Å². The Labute approximate surface area is 60.9 Å². The fourth-order valence-corrected chi connectivity index (χ4v) is 1.11. The largest absolute Gasteiger partial charge is 0.396 e. The van der Waals surface area contributed by atoms with Crippen molar-refractivity contribution >= 4 is 0 Å². The van der Waals surface area contributed by atoms with E-state index in [1.165, 1.54) is 0 Å². The van der Waals surface area contributed by atoms with Gasteiger partial charge in [0.2, 0.25) is 0 Å². The molecule has 0 aromatic rings. The molecule has 0 amide bonds. The predicted octanol–water partition coefficient (Wildman–Crippen LogP) is 0.378. The molecule has 1 rings (SSSR count).